The number of carbonyl (C=O) groups is 3. The second kappa shape index (κ2) is 6.55. The van der Waals surface area contributed by atoms with Gasteiger partial charge in [-0.3, -0.25) is 9.59 Å². The van der Waals surface area contributed by atoms with Gasteiger partial charge >= 0.3 is 5.97 Å². The Hall–Kier alpha value is -2.12. The Kier molecular flexibility index (Phi) is 4.91. The van der Waals surface area contributed by atoms with E-state index in [9.17, 15) is 14.4 Å². The number of carboxylic acids is 1. The van der Waals surface area contributed by atoms with Gasteiger partial charge < -0.3 is 20.9 Å². The van der Waals surface area contributed by atoms with Crippen LogP contribution in [0.5, 0.6) is 0 Å². The van der Waals surface area contributed by atoms with Crippen LogP contribution in [0.2, 0.25) is 5.02 Å². The molecule has 3 atom stereocenters. The molecule has 8 heteroatoms. The first kappa shape index (κ1) is 17.2. The van der Waals surface area contributed by atoms with Gasteiger partial charge in [-0.05, 0) is 37.5 Å². The Labute approximate surface area is 137 Å². The van der Waals surface area contributed by atoms with Crippen molar-refractivity contribution in [1.29, 1.82) is 0 Å². The van der Waals surface area contributed by atoms with Gasteiger partial charge in [-0.2, -0.15) is 0 Å². The molecule has 2 amide bonds. The van der Waals surface area contributed by atoms with E-state index in [0.29, 0.717) is 10.6 Å². The highest BCUT2D eigenvalue weighted by atomic mass is 35.5. The molecule has 0 saturated carbocycles. The van der Waals surface area contributed by atoms with Crippen LogP contribution in [0.3, 0.4) is 0 Å². The number of ether oxygens (including phenoxy) is 1. The lowest BCUT2D eigenvalue weighted by atomic mass is 9.90. The van der Waals surface area contributed by atoms with E-state index in [1.807, 2.05) is 0 Å². The summed E-state index contributed by atoms with van der Waals surface area (Å²) in [4.78, 5) is 35.1. The number of halogens is 1. The maximum Gasteiger partial charge on any atom is 0.332 e. The maximum atomic E-state index is 12.3. The third-order valence-corrected chi connectivity index (χ3v) is 4.09. The smallest absolute Gasteiger partial charge is 0.332 e. The van der Waals surface area contributed by atoms with E-state index in [1.165, 1.54) is 13.0 Å². The van der Waals surface area contributed by atoms with Crippen molar-refractivity contribution in [3.63, 3.8) is 0 Å². The minimum Gasteiger partial charge on any atom is -0.479 e. The van der Waals surface area contributed by atoms with Gasteiger partial charge in [0, 0.05) is 5.02 Å². The molecule has 0 aromatic heterocycles. The zero-order valence-corrected chi connectivity index (χ0v) is 13.2. The number of carboxylic acid groups (broad SMARTS) is 1. The van der Waals surface area contributed by atoms with Crippen LogP contribution in [0.4, 0.5) is 0 Å². The largest absolute Gasteiger partial charge is 0.479 e. The minimum absolute atomic E-state index is 0.234. The first-order valence-electron chi connectivity index (χ1n) is 7.00. The highest BCUT2D eigenvalue weighted by molar-refractivity contribution is 6.30. The highest BCUT2D eigenvalue weighted by Gasteiger charge is 2.40. The molecule has 23 heavy (non-hydrogen) atoms. The van der Waals surface area contributed by atoms with Crippen LogP contribution in [-0.2, 0) is 24.7 Å². The van der Waals surface area contributed by atoms with Crippen LogP contribution in [0, 0.1) is 0 Å². The van der Waals surface area contributed by atoms with E-state index in [4.69, 9.17) is 27.2 Å². The van der Waals surface area contributed by atoms with Crippen LogP contribution in [0.1, 0.15) is 25.3 Å². The zero-order chi connectivity index (χ0) is 17.2. The molecule has 2 rings (SSSR count). The number of benzene rings is 1. The summed E-state index contributed by atoms with van der Waals surface area (Å²) in [7, 11) is 0. The normalized spacial score (nSPS) is 23.0. The van der Waals surface area contributed by atoms with E-state index in [-0.39, 0.29) is 12.8 Å². The number of hydrogen-bond donors (Lipinski definition) is 3. The monoisotopic (exact) mass is 340 g/mol. The number of aliphatic carboxylic acids is 1. The molecule has 1 aliphatic rings. The first-order valence-corrected chi connectivity index (χ1v) is 7.38. The number of amides is 2. The summed E-state index contributed by atoms with van der Waals surface area (Å²) >= 11 is 5.92. The lowest BCUT2D eigenvalue weighted by Crippen LogP contribution is -2.55. The van der Waals surface area contributed by atoms with Gasteiger partial charge in [0.1, 0.15) is 11.6 Å². The Bertz CT molecular complexity index is 651. The van der Waals surface area contributed by atoms with Gasteiger partial charge in [-0.1, -0.05) is 23.7 Å². The average molecular weight is 341 g/mol. The molecule has 0 aliphatic carbocycles. The Morgan fingerprint density at radius 2 is 2.00 bits per heavy atom. The summed E-state index contributed by atoms with van der Waals surface area (Å²) in [5.74, 6) is -2.47. The zero-order valence-electron chi connectivity index (χ0n) is 12.4. The number of carbonyl (C=O) groups excluding carboxylic acids is 2. The molecule has 1 aromatic carbocycles. The van der Waals surface area contributed by atoms with Crippen molar-refractivity contribution in [3.8, 4) is 0 Å². The molecule has 1 fully saturated rings. The molecule has 1 heterocycles. The summed E-state index contributed by atoms with van der Waals surface area (Å²) in [5, 5.41) is 11.8. The van der Waals surface area contributed by atoms with Crippen LogP contribution in [0.15, 0.2) is 24.3 Å². The number of rotatable bonds is 5. The summed E-state index contributed by atoms with van der Waals surface area (Å²) in [6.45, 7) is 1.46. The molecule has 124 valence electrons. The average Bonchev–Trinajstić information content (AvgIpc) is 2.97. The van der Waals surface area contributed by atoms with Crippen molar-refractivity contribution >= 4 is 29.4 Å². The van der Waals surface area contributed by atoms with Gasteiger partial charge in [0.15, 0.2) is 6.10 Å². The maximum absolute atomic E-state index is 12.3. The van der Waals surface area contributed by atoms with E-state index in [0.717, 1.165) is 0 Å². The van der Waals surface area contributed by atoms with E-state index in [1.54, 1.807) is 18.2 Å². The summed E-state index contributed by atoms with van der Waals surface area (Å²) in [5.41, 5.74) is 4.39. The number of nitrogens with two attached hydrogens (primary N) is 1. The van der Waals surface area contributed by atoms with Crippen molar-refractivity contribution in [3.05, 3.63) is 34.9 Å². The predicted molar refractivity (Wildman–Crippen MR) is 81.7 cm³/mol. The van der Waals surface area contributed by atoms with Crippen LogP contribution < -0.4 is 11.1 Å². The fourth-order valence-electron chi connectivity index (χ4n) is 2.41. The standard InChI is InChI=1S/C15H17ClN2O5/c1-15(14(17)22,8-3-2-4-9(16)7-8)18-12(19)10-5-6-11(23-10)13(20)21/h2-4,7,10-11H,5-6H2,1H3,(H2,17,22)(H,18,19)(H,20,21)/t10-,11+,15?/m0/s1. The predicted octanol–water partition coefficient (Wildman–Crippen LogP) is 0.789. The third kappa shape index (κ3) is 3.62. The Morgan fingerprint density at radius 3 is 2.52 bits per heavy atom. The summed E-state index contributed by atoms with van der Waals surface area (Å²) in [6.07, 6.45) is -1.46. The third-order valence-electron chi connectivity index (χ3n) is 3.86. The highest BCUT2D eigenvalue weighted by Crippen LogP contribution is 2.26. The Morgan fingerprint density at radius 1 is 1.35 bits per heavy atom. The van der Waals surface area contributed by atoms with E-state index >= 15 is 0 Å². The molecule has 4 N–H and O–H groups in total. The number of nitrogens with one attached hydrogen (secondary N) is 1. The molecule has 1 unspecified atom stereocenters. The molecular weight excluding hydrogens is 324 g/mol. The van der Waals surface area contributed by atoms with Crippen LogP contribution in [0.25, 0.3) is 0 Å². The molecule has 1 saturated heterocycles. The fourth-order valence-corrected chi connectivity index (χ4v) is 2.60. The van der Waals surface area contributed by atoms with Gasteiger partial charge in [-0.15, -0.1) is 0 Å². The van der Waals surface area contributed by atoms with Gasteiger partial charge in [0.2, 0.25) is 11.8 Å². The molecule has 1 aliphatic heterocycles. The summed E-state index contributed by atoms with van der Waals surface area (Å²) in [6, 6.07) is 6.41. The van der Waals surface area contributed by atoms with Crippen molar-refractivity contribution < 1.29 is 24.2 Å². The second-order valence-corrected chi connectivity index (χ2v) is 5.95. The van der Waals surface area contributed by atoms with Gasteiger partial charge in [0.25, 0.3) is 0 Å². The van der Waals surface area contributed by atoms with Crippen molar-refractivity contribution in [2.45, 2.75) is 37.5 Å². The first-order chi connectivity index (χ1) is 10.7. The fraction of sp³-hybridized carbons (Fsp3) is 0.400. The van der Waals surface area contributed by atoms with E-state index < -0.39 is 35.5 Å². The molecule has 0 radical (unpaired) electrons. The van der Waals surface area contributed by atoms with Crippen LogP contribution >= 0.6 is 11.6 Å². The van der Waals surface area contributed by atoms with Crippen molar-refractivity contribution in [2.24, 2.45) is 5.73 Å². The number of primary amides is 1. The van der Waals surface area contributed by atoms with Gasteiger partial charge in [0.05, 0.1) is 0 Å². The van der Waals surface area contributed by atoms with Gasteiger partial charge in [-0.25, -0.2) is 4.79 Å². The molecular formula is C15H17ClN2O5. The Balaban J connectivity index is 2.18. The van der Waals surface area contributed by atoms with Crippen molar-refractivity contribution in [2.75, 3.05) is 0 Å². The topological polar surface area (TPSA) is 119 Å². The molecule has 7 nitrogen and oxygen atoms in total. The molecule has 0 spiro atoms. The molecule has 1 aromatic rings. The summed E-state index contributed by atoms with van der Waals surface area (Å²) < 4.78 is 5.18. The lowest BCUT2D eigenvalue weighted by molar-refractivity contribution is -0.152. The number of hydrogen-bond acceptors (Lipinski definition) is 4. The minimum atomic E-state index is -1.48. The lowest BCUT2D eigenvalue weighted by Gasteiger charge is -2.29. The SMILES string of the molecule is CC(NC(=O)[C@@H]1CC[C@H](C(=O)O)O1)(C(N)=O)c1cccc(Cl)c1. The second-order valence-electron chi connectivity index (χ2n) is 5.52. The van der Waals surface area contributed by atoms with Crippen molar-refractivity contribution in [1.82, 2.24) is 5.32 Å². The van der Waals surface area contributed by atoms with E-state index in [2.05, 4.69) is 5.32 Å². The quantitative estimate of drug-likeness (QED) is 0.732. The van der Waals surface area contributed by atoms with Crippen LogP contribution in [-0.4, -0.2) is 35.1 Å². The molecule has 0 bridgehead atoms.